The van der Waals surface area contributed by atoms with Crippen LogP contribution in [0.25, 0.3) is 0 Å². The van der Waals surface area contributed by atoms with E-state index in [9.17, 15) is 8.78 Å². The fraction of sp³-hybridized carbons (Fsp3) is 1.00. The molecule has 0 bridgehead atoms. The number of halogens is 2. The van der Waals surface area contributed by atoms with Crippen LogP contribution >= 0.6 is 0 Å². The van der Waals surface area contributed by atoms with Gasteiger partial charge in [0.25, 0.3) is 5.92 Å². The van der Waals surface area contributed by atoms with Crippen molar-refractivity contribution in [2.24, 2.45) is 0 Å². The van der Waals surface area contributed by atoms with Gasteiger partial charge < -0.3 is 4.74 Å². The van der Waals surface area contributed by atoms with Gasteiger partial charge in [-0.3, -0.25) is 0 Å². The molecule has 0 spiro atoms. The molecule has 0 aromatic carbocycles. The van der Waals surface area contributed by atoms with Crippen LogP contribution in [-0.4, -0.2) is 19.6 Å². The first-order valence-electron chi connectivity index (χ1n) is 4.49. The number of rotatable bonds is 7. The highest BCUT2D eigenvalue weighted by atomic mass is 19.3. The van der Waals surface area contributed by atoms with Gasteiger partial charge in [-0.25, -0.2) is 8.78 Å². The van der Waals surface area contributed by atoms with Crippen molar-refractivity contribution in [2.45, 2.75) is 45.0 Å². The Kier molecular flexibility index (Phi) is 6.25. The zero-order valence-electron chi connectivity index (χ0n) is 7.91. The molecule has 0 aliphatic heterocycles. The molecular formula is C9H18F2O. The van der Waals surface area contributed by atoms with Crippen molar-refractivity contribution in [1.29, 1.82) is 0 Å². The van der Waals surface area contributed by atoms with E-state index in [-0.39, 0.29) is 6.42 Å². The van der Waals surface area contributed by atoms with E-state index in [1.807, 2.05) is 0 Å². The Morgan fingerprint density at radius 3 is 2.33 bits per heavy atom. The minimum Gasteiger partial charge on any atom is -0.378 e. The summed E-state index contributed by atoms with van der Waals surface area (Å²) in [6.07, 6.45) is 3.58. The Morgan fingerprint density at radius 2 is 1.83 bits per heavy atom. The summed E-state index contributed by atoms with van der Waals surface area (Å²) in [6, 6.07) is 0. The molecule has 0 N–H and O–H groups in total. The number of methoxy groups -OCH3 is 1. The zero-order chi connectivity index (χ0) is 9.45. The van der Waals surface area contributed by atoms with Crippen LogP contribution in [0.5, 0.6) is 0 Å². The zero-order valence-corrected chi connectivity index (χ0v) is 7.91. The average Bonchev–Trinajstić information content (AvgIpc) is 1.98. The molecular weight excluding hydrogens is 162 g/mol. The predicted molar refractivity (Wildman–Crippen MR) is 45.6 cm³/mol. The normalized spacial score (nSPS) is 12.0. The van der Waals surface area contributed by atoms with E-state index < -0.39 is 12.5 Å². The summed E-state index contributed by atoms with van der Waals surface area (Å²) in [5.41, 5.74) is 0. The van der Waals surface area contributed by atoms with Crippen molar-refractivity contribution in [1.82, 2.24) is 0 Å². The fourth-order valence-electron chi connectivity index (χ4n) is 1.09. The fourth-order valence-corrected chi connectivity index (χ4v) is 1.09. The van der Waals surface area contributed by atoms with E-state index in [1.54, 1.807) is 0 Å². The number of hydrogen-bond donors (Lipinski definition) is 0. The van der Waals surface area contributed by atoms with Crippen molar-refractivity contribution >= 4 is 0 Å². The molecule has 1 nitrogen and oxygen atoms in total. The Hall–Kier alpha value is -0.180. The van der Waals surface area contributed by atoms with Gasteiger partial charge in [-0.15, -0.1) is 0 Å². The molecule has 0 aliphatic rings. The van der Waals surface area contributed by atoms with Crippen molar-refractivity contribution < 1.29 is 13.5 Å². The molecule has 0 saturated heterocycles. The van der Waals surface area contributed by atoms with Gasteiger partial charge in [-0.2, -0.15) is 0 Å². The summed E-state index contributed by atoms with van der Waals surface area (Å²) in [5, 5.41) is 0. The van der Waals surface area contributed by atoms with Crippen molar-refractivity contribution in [3.63, 3.8) is 0 Å². The maximum absolute atomic E-state index is 12.7. The van der Waals surface area contributed by atoms with E-state index in [1.165, 1.54) is 7.11 Å². The molecule has 0 aromatic rings. The van der Waals surface area contributed by atoms with Gasteiger partial charge >= 0.3 is 0 Å². The van der Waals surface area contributed by atoms with E-state index >= 15 is 0 Å². The lowest BCUT2D eigenvalue weighted by Gasteiger charge is -2.14. The molecule has 12 heavy (non-hydrogen) atoms. The first-order valence-corrected chi connectivity index (χ1v) is 4.49. The molecule has 0 saturated carbocycles. The van der Waals surface area contributed by atoms with Gasteiger partial charge in [-0.1, -0.05) is 26.2 Å². The van der Waals surface area contributed by atoms with Crippen LogP contribution in [0.4, 0.5) is 8.78 Å². The minimum absolute atomic E-state index is 0.0408. The summed E-state index contributed by atoms with van der Waals surface area (Å²) in [5.74, 6) is -2.62. The van der Waals surface area contributed by atoms with E-state index in [0.717, 1.165) is 19.3 Å². The minimum atomic E-state index is -2.62. The Bertz CT molecular complexity index is 105. The molecule has 0 aliphatic carbocycles. The second-order valence-corrected chi connectivity index (χ2v) is 3.10. The standard InChI is InChI=1S/C9H18F2O/c1-3-4-5-6-7-9(10,11)8-12-2/h3-8H2,1-2H3. The van der Waals surface area contributed by atoms with Crippen LogP contribution in [0.15, 0.2) is 0 Å². The molecule has 0 amide bonds. The van der Waals surface area contributed by atoms with Gasteiger partial charge in [0, 0.05) is 13.5 Å². The monoisotopic (exact) mass is 180 g/mol. The lowest BCUT2D eigenvalue weighted by Crippen LogP contribution is -2.22. The number of ether oxygens (including phenoxy) is 1. The van der Waals surface area contributed by atoms with Crippen LogP contribution in [0.3, 0.4) is 0 Å². The third kappa shape index (κ3) is 6.53. The second kappa shape index (κ2) is 6.35. The van der Waals surface area contributed by atoms with Crippen LogP contribution < -0.4 is 0 Å². The third-order valence-electron chi connectivity index (χ3n) is 1.75. The SMILES string of the molecule is CCCCCCC(F)(F)COC. The first-order chi connectivity index (χ1) is 5.62. The van der Waals surface area contributed by atoms with Gasteiger partial charge in [-0.05, 0) is 6.42 Å². The van der Waals surface area contributed by atoms with Crippen LogP contribution in [0.2, 0.25) is 0 Å². The van der Waals surface area contributed by atoms with Crippen LogP contribution in [-0.2, 0) is 4.74 Å². The highest BCUT2D eigenvalue weighted by molar-refractivity contribution is 4.64. The largest absolute Gasteiger partial charge is 0.378 e. The molecule has 0 radical (unpaired) electrons. The topological polar surface area (TPSA) is 9.23 Å². The van der Waals surface area contributed by atoms with Gasteiger partial charge in [0.05, 0.1) is 0 Å². The molecule has 0 atom stereocenters. The number of hydrogen-bond acceptors (Lipinski definition) is 1. The Labute approximate surface area is 73.1 Å². The van der Waals surface area contributed by atoms with Crippen LogP contribution in [0, 0.1) is 0 Å². The average molecular weight is 180 g/mol. The van der Waals surface area contributed by atoms with E-state index in [2.05, 4.69) is 11.7 Å². The first kappa shape index (κ1) is 11.8. The summed E-state index contributed by atoms with van der Waals surface area (Å²) in [4.78, 5) is 0. The summed E-state index contributed by atoms with van der Waals surface area (Å²) < 4.78 is 29.9. The molecule has 0 heterocycles. The molecule has 0 rings (SSSR count). The lowest BCUT2D eigenvalue weighted by atomic mass is 10.1. The Balaban J connectivity index is 3.33. The van der Waals surface area contributed by atoms with Crippen molar-refractivity contribution in [3.8, 4) is 0 Å². The summed E-state index contributed by atoms with van der Waals surface area (Å²) in [7, 11) is 1.31. The van der Waals surface area contributed by atoms with E-state index in [0.29, 0.717) is 6.42 Å². The molecule has 74 valence electrons. The third-order valence-corrected chi connectivity index (χ3v) is 1.75. The van der Waals surface area contributed by atoms with Gasteiger partial charge in [0.2, 0.25) is 0 Å². The molecule has 0 unspecified atom stereocenters. The number of alkyl halides is 2. The number of unbranched alkanes of at least 4 members (excludes halogenated alkanes) is 3. The predicted octanol–water partition coefficient (Wildman–Crippen LogP) is 3.24. The highest BCUT2D eigenvalue weighted by Gasteiger charge is 2.27. The summed E-state index contributed by atoms with van der Waals surface area (Å²) in [6.45, 7) is 1.62. The maximum Gasteiger partial charge on any atom is 0.270 e. The maximum atomic E-state index is 12.7. The van der Waals surface area contributed by atoms with Gasteiger partial charge in [0.1, 0.15) is 6.61 Å². The smallest absolute Gasteiger partial charge is 0.270 e. The molecule has 3 heteroatoms. The Morgan fingerprint density at radius 1 is 1.17 bits per heavy atom. The highest BCUT2D eigenvalue weighted by Crippen LogP contribution is 2.21. The van der Waals surface area contributed by atoms with Gasteiger partial charge in [0.15, 0.2) is 0 Å². The summed E-state index contributed by atoms with van der Waals surface area (Å²) >= 11 is 0. The van der Waals surface area contributed by atoms with Crippen molar-refractivity contribution in [2.75, 3.05) is 13.7 Å². The molecule has 0 aromatic heterocycles. The van der Waals surface area contributed by atoms with Crippen LogP contribution in [0.1, 0.15) is 39.0 Å². The van der Waals surface area contributed by atoms with Crippen molar-refractivity contribution in [3.05, 3.63) is 0 Å². The second-order valence-electron chi connectivity index (χ2n) is 3.10. The molecule has 0 fully saturated rings. The van der Waals surface area contributed by atoms with E-state index in [4.69, 9.17) is 0 Å². The quantitative estimate of drug-likeness (QED) is 0.546. The lowest BCUT2D eigenvalue weighted by molar-refractivity contribution is -0.0711.